The Morgan fingerprint density at radius 2 is 1.96 bits per heavy atom. The molecule has 1 aromatic carbocycles. The van der Waals surface area contributed by atoms with Crippen molar-refractivity contribution in [2.75, 3.05) is 19.0 Å². The molecule has 2 saturated carbocycles. The predicted octanol–water partition coefficient (Wildman–Crippen LogP) is 2.88. The number of ether oxygens (including phenoxy) is 2. The van der Waals surface area contributed by atoms with E-state index in [0.29, 0.717) is 23.6 Å². The van der Waals surface area contributed by atoms with Crippen LogP contribution in [0.15, 0.2) is 18.2 Å². The SMILES string of the molecule is COc1ccc(NC(=O)[C@@]2(C)CC2(Cl)Cl)cc1OCC(=O)NC1CC1. The van der Waals surface area contributed by atoms with Gasteiger partial charge in [-0.3, -0.25) is 9.59 Å². The maximum Gasteiger partial charge on any atom is 0.258 e. The van der Waals surface area contributed by atoms with E-state index >= 15 is 0 Å². The minimum Gasteiger partial charge on any atom is -0.493 e. The molecule has 0 saturated heterocycles. The van der Waals surface area contributed by atoms with E-state index in [9.17, 15) is 9.59 Å². The van der Waals surface area contributed by atoms with E-state index < -0.39 is 9.75 Å². The van der Waals surface area contributed by atoms with E-state index in [0.717, 1.165) is 12.8 Å². The topological polar surface area (TPSA) is 76.7 Å². The Hall–Kier alpha value is -1.66. The minimum absolute atomic E-state index is 0.117. The third-order valence-electron chi connectivity index (χ3n) is 4.48. The number of rotatable bonds is 7. The number of hydrogen-bond acceptors (Lipinski definition) is 4. The predicted molar refractivity (Wildman–Crippen MR) is 95.4 cm³/mol. The van der Waals surface area contributed by atoms with Crippen LogP contribution in [0, 0.1) is 5.41 Å². The molecule has 1 atom stereocenters. The van der Waals surface area contributed by atoms with Crippen LogP contribution in [0.2, 0.25) is 0 Å². The average Bonchev–Trinajstić information content (AvgIpc) is 3.44. The summed E-state index contributed by atoms with van der Waals surface area (Å²) in [6.07, 6.45) is 2.42. The highest BCUT2D eigenvalue weighted by molar-refractivity contribution is 6.53. The van der Waals surface area contributed by atoms with Crippen molar-refractivity contribution < 1.29 is 19.1 Å². The molecular formula is C17H20Cl2N2O4. The lowest BCUT2D eigenvalue weighted by Gasteiger charge is -2.15. The molecule has 2 aliphatic rings. The van der Waals surface area contributed by atoms with Crippen molar-refractivity contribution in [3.05, 3.63) is 18.2 Å². The zero-order valence-corrected chi connectivity index (χ0v) is 15.5. The number of methoxy groups -OCH3 is 1. The first kappa shape index (κ1) is 18.1. The molecule has 8 heteroatoms. The van der Waals surface area contributed by atoms with Crippen molar-refractivity contribution in [1.29, 1.82) is 0 Å². The van der Waals surface area contributed by atoms with Crippen LogP contribution in [0.3, 0.4) is 0 Å². The van der Waals surface area contributed by atoms with E-state index in [-0.39, 0.29) is 24.5 Å². The number of anilines is 1. The van der Waals surface area contributed by atoms with Crippen molar-refractivity contribution in [3.8, 4) is 11.5 Å². The molecule has 3 rings (SSSR count). The number of carbonyl (C=O) groups excluding carboxylic acids is 2. The van der Waals surface area contributed by atoms with Crippen LogP contribution in [-0.2, 0) is 9.59 Å². The maximum atomic E-state index is 12.4. The highest BCUT2D eigenvalue weighted by Crippen LogP contribution is 2.64. The van der Waals surface area contributed by atoms with Gasteiger partial charge in [0.1, 0.15) is 4.33 Å². The maximum absolute atomic E-state index is 12.4. The van der Waals surface area contributed by atoms with Gasteiger partial charge in [-0.25, -0.2) is 0 Å². The van der Waals surface area contributed by atoms with Crippen molar-refractivity contribution in [1.82, 2.24) is 5.32 Å². The summed E-state index contributed by atoms with van der Waals surface area (Å²) in [5.41, 5.74) is -0.304. The summed E-state index contributed by atoms with van der Waals surface area (Å²) in [6, 6.07) is 5.23. The Morgan fingerprint density at radius 1 is 1.28 bits per heavy atom. The van der Waals surface area contributed by atoms with Gasteiger partial charge in [0.2, 0.25) is 5.91 Å². The van der Waals surface area contributed by atoms with E-state index in [1.165, 1.54) is 7.11 Å². The average molecular weight is 387 g/mol. The molecule has 2 N–H and O–H groups in total. The Bertz CT molecular complexity index is 706. The highest BCUT2D eigenvalue weighted by Gasteiger charge is 2.67. The van der Waals surface area contributed by atoms with Gasteiger partial charge in [-0.05, 0) is 38.3 Å². The summed E-state index contributed by atoms with van der Waals surface area (Å²) in [5.74, 6) is 0.396. The summed E-state index contributed by atoms with van der Waals surface area (Å²) in [7, 11) is 1.51. The molecule has 0 unspecified atom stereocenters. The summed E-state index contributed by atoms with van der Waals surface area (Å²) >= 11 is 12.1. The van der Waals surface area contributed by atoms with Crippen LogP contribution in [0.5, 0.6) is 11.5 Å². The first-order chi connectivity index (χ1) is 11.7. The molecular weight excluding hydrogens is 367 g/mol. The Balaban J connectivity index is 1.64. The third-order valence-corrected chi connectivity index (χ3v) is 5.58. The van der Waals surface area contributed by atoms with E-state index in [1.54, 1.807) is 25.1 Å². The van der Waals surface area contributed by atoms with Gasteiger partial charge in [-0.2, -0.15) is 0 Å². The fraction of sp³-hybridized carbons (Fsp3) is 0.529. The van der Waals surface area contributed by atoms with Gasteiger partial charge in [0.25, 0.3) is 5.91 Å². The van der Waals surface area contributed by atoms with E-state index in [2.05, 4.69) is 10.6 Å². The Labute approximate surface area is 156 Å². The van der Waals surface area contributed by atoms with Gasteiger partial charge in [0.15, 0.2) is 18.1 Å². The van der Waals surface area contributed by atoms with Crippen molar-refractivity contribution in [2.24, 2.45) is 5.41 Å². The lowest BCUT2D eigenvalue weighted by molar-refractivity contribution is -0.123. The largest absolute Gasteiger partial charge is 0.493 e. The number of nitrogens with one attached hydrogen (secondary N) is 2. The fourth-order valence-corrected chi connectivity index (χ4v) is 3.13. The minimum atomic E-state index is -1.04. The molecule has 2 fully saturated rings. The van der Waals surface area contributed by atoms with Crippen molar-refractivity contribution in [2.45, 2.75) is 36.6 Å². The first-order valence-corrected chi connectivity index (χ1v) is 8.80. The lowest BCUT2D eigenvalue weighted by atomic mass is 10.1. The number of hydrogen-bond donors (Lipinski definition) is 2. The lowest BCUT2D eigenvalue weighted by Crippen LogP contribution is -2.30. The standard InChI is InChI=1S/C17H20Cl2N2O4/c1-16(9-17(16,18)19)15(23)21-11-5-6-12(24-2)13(7-11)25-8-14(22)20-10-3-4-10/h5-7,10H,3-4,8-9H2,1-2H3,(H,20,22)(H,21,23)/t16-/m1/s1. The van der Waals surface area contributed by atoms with Gasteiger partial charge in [0.05, 0.1) is 12.5 Å². The summed E-state index contributed by atoms with van der Waals surface area (Å²) in [4.78, 5) is 24.1. The molecule has 0 spiro atoms. The summed E-state index contributed by atoms with van der Waals surface area (Å²) < 4.78 is 9.74. The third kappa shape index (κ3) is 3.96. The summed E-state index contributed by atoms with van der Waals surface area (Å²) in [6.45, 7) is 1.60. The number of benzene rings is 1. The van der Waals surface area contributed by atoms with Gasteiger partial charge in [-0.15, -0.1) is 23.2 Å². The second-order valence-electron chi connectivity index (χ2n) is 6.66. The molecule has 0 heterocycles. The second kappa shape index (κ2) is 6.57. The Kier molecular flexibility index (Phi) is 4.77. The van der Waals surface area contributed by atoms with Crippen molar-refractivity contribution in [3.63, 3.8) is 0 Å². The molecule has 0 aliphatic heterocycles. The summed E-state index contributed by atoms with van der Waals surface area (Å²) in [5, 5.41) is 5.62. The van der Waals surface area contributed by atoms with Gasteiger partial charge < -0.3 is 20.1 Å². The molecule has 2 aliphatic carbocycles. The zero-order chi connectivity index (χ0) is 18.2. The molecule has 1 aromatic rings. The zero-order valence-electron chi connectivity index (χ0n) is 14.0. The number of amides is 2. The smallest absolute Gasteiger partial charge is 0.258 e. The van der Waals surface area contributed by atoms with Crippen LogP contribution >= 0.6 is 23.2 Å². The molecule has 25 heavy (non-hydrogen) atoms. The monoisotopic (exact) mass is 386 g/mol. The Morgan fingerprint density at radius 3 is 2.52 bits per heavy atom. The number of carbonyl (C=O) groups is 2. The van der Waals surface area contributed by atoms with Gasteiger partial charge in [0, 0.05) is 17.8 Å². The molecule has 136 valence electrons. The first-order valence-electron chi connectivity index (χ1n) is 8.05. The quantitative estimate of drug-likeness (QED) is 0.706. The van der Waals surface area contributed by atoms with Crippen LogP contribution in [0.1, 0.15) is 26.2 Å². The van der Waals surface area contributed by atoms with Gasteiger partial charge in [-0.1, -0.05) is 0 Å². The number of alkyl halides is 2. The van der Waals surface area contributed by atoms with Gasteiger partial charge >= 0.3 is 0 Å². The van der Waals surface area contributed by atoms with Crippen LogP contribution < -0.4 is 20.1 Å². The molecule has 6 nitrogen and oxygen atoms in total. The molecule has 2 amide bonds. The van der Waals surface area contributed by atoms with E-state index in [4.69, 9.17) is 32.7 Å². The highest BCUT2D eigenvalue weighted by atomic mass is 35.5. The second-order valence-corrected chi connectivity index (χ2v) is 8.15. The van der Waals surface area contributed by atoms with E-state index in [1.807, 2.05) is 0 Å². The fourth-order valence-electron chi connectivity index (χ4n) is 2.42. The normalized spacial score (nSPS) is 23.5. The molecule has 0 bridgehead atoms. The van der Waals surface area contributed by atoms with Crippen LogP contribution in [0.4, 0.5) is 5.69 Å². The molecule has 0 radical (unpaired) electrons. The molecule has 0 aromatic heterocycles. The van der Waals surface area contributed by atoms with Crippen molar-refractivity contribution >= 4 is 40.7 Å². The van der Waals surface area contributed by atoms with Crippen LogP contribution in [0.25, 0.3) is 0 Å². The van der Waals surface area contributed by atoms with Crippen LogP contribution in [-0.4, -0.2) is 35.9 Å². The number of halogens is 2.